The predicted octanol–water partition coefficient (Wildman–Crippen LogP) is 4.39. The number of hydrogen-bond acceptors (Lipinski definition) is 7. The van der Waals surface area contributed by atoms with Crippen LogP contribution >= 0.6 is 11.6 Å². The number of ether oxygens (including phenoxy) is 2. The summed E-state index contributed by atoms with van der Waals surface area (Å²) in [5.74, 6) is 6.17. The topological polar surface area (TPSA) is 67.8 Å². The van der Waals surface area contributed by atoms with Crippen LogP contribution in [0, 0.1) is 11.8 Å². The highest BCUT2D eigenvalue weighted by atomic mass is 35.5. The number of nitrogens with zero attached hydrogens (tertiary/aromatic N) is 4. The minimum absolute atomic E-state index is 0.422. The Morgan fingerprint density at radius 1 is 1.09 bits per heavy atom. The Morgan fingerprint density at radius 3 is 2.86 bits per heavy atom. The lowest BCUT2D eigenvalue weighted by Crippen LogP contribution is -2.36. The van der Waals surface area contributed by atoms with Gasteiger partial charge in [0.15, 0.2) is 0 Å². The lowest BCUT2D eigenvalue weighted by molar-refractivity contribution is -0.128. The molecule has 1 aromatic heterocycles. The van der Waals surface area contributed by atoms with Crippen molar-refractivity contribution in [2.45, 2.75) is 25.7 Å². The van der Waals surface area contributed by atoms with Crippen LogP contribution in [0.4, 0.5) is 11.5 Å². The molecule has 0 saturated carbocycles. The van der Waals surface area contributed by atoms with Gasteiger partial charge in [-0.15, -0.1) is 0 Å². The Morgan fingerprint density at radius 2 is 1.97 bits per heavy atom. The Bertz CT molecular complexity index is 1280. The Labute approximate surface area is 210 Å². The van der Waals surface area contributed by atoms with Crippen molar-refractivity contribution < 1.29 is 14.3 Å². The van der Waals surface area contributed by atoms with E-state index in [0.717, 1.165) is 81.1 Å². The van der Waals surface area contributed by atoms with Gasteiger partial charge in [0, 0.05) is 48.1 Å². The van der Waals surface area contributed by atoms with E-state index in [1.54, 1.807) is 18.5 Å². The van der Waals surface area contributed by atoms with Crippen LogP contribution in [0.3, 0.4) is 0 Å². The number of unbranched alkanes of at least 4 members (excludes halogenated alkanes) is 2. The summed E-state index contributed by atoms with van der Waals surface area (Å²) in [6.07, 6.45) is 5.15. The molecule has 3 heterocycles. The summed E-state index contributed by atoms with van der Waals surface area (Å²) in [5.41, 5.74) is 3.04. The number of aromatic nitrogens is 2. The fourth-order valence-corrected chi connectivity index (χ4v) is 4.68. The number of anilines is 2. The molecule has 0 radical (unpaired) electrons. The maximum atomic E-state index is 12.3. The third-order valence-corrected chi connectivity index (χ3v) is 6.55. The summed E-state index contributed by atoms with van der Waals surface area (Å²) in [7, 11) is 0. The highest BCUT2D eigenvalue weighted by Crippen LogP contribution is 2.38. The van der Waals surface area contributed by atoms with Gasteiger partial charge in [-0.25, -0.2) is 14.8 Å². The van der Waals surface area contributed by atoms with E-state index in [2.05, 4.69) is 37.7 Å². The van der Waals surface area contributed by atoms with Gasteiger partial charge in [0.1, 0.15) is 17.9 Å². The summed E-state index contributed by atoms with van der Waals surface area (Å²) < 4.78 is 10.9. The number of benzene rings is 2. The second-order valence-corrected chi connectivity index (χ2v) is 9.09. The van der Waals surface area contributed by atoms with Crippen LogP contribution in [0.1, 0.15) is 24.8 Å². The molecule has 35 heavy (non-hydrogen) atoms. The molecular formula is C27H27ClN4O3. The highest BCUT2D eigenvalue weighted by molar-refractivity contribution is 6.31. The largest absolute Gasteiger partial charge is 0.417 e. The Balaban J connectivity index is 1.22. The van der Waals surface area contributed by atoms with Gasteiger partial charge in [-0.2, -0.15) is 0 Å². The zero-order chi connectivity index (χ0) is 24.0. The van der Waals surface area contributed by atoms with Crippen LogP contribution in [0.2, 0.25) is 5.02 Å². The number of esters is 1. The second kappa shape index (κ2) is 11.0. The molecule has 1 fully saturated rings. The summed E-state index contributed by atoms with van der Waals surface area (Å²) in [5, 5.41) is 1.49. The van der Waals surface area contributed by atoms with E-state index in [4.69, 9.17) is 21.1 Å². The van der Waals surface area contributed by atoms with Crippen molar-refractivity contribution in [2.75, 3.05) is 44.3 Å². The zero-order valence-electron chi connectivity index (χ0n) is 19.5. The van der Waals surface area contributed by atoms with Crippen LogP contribution in [-0.4, -0.2) is 60.2 Å². The lowest BCUT2D eigenvalue weighted by Gasteiger charge is -2.26. The van der Waals surface area contributed by atoms with E-state index in [-0.39, 0.29) is 0 Å². The quantitative estimate of drug-likeness (QED) is 0.167. The average Bonchev–Trinajstić information content (AvgIpc) is 3.29. The summed E-state index contributed by atoms with van der Waals surface area (Å²) >= 11 is 6.25. The fourth-order valence-electron chi connectivity index (χ4n) is 4.51. The minimum atomic E-state index is -0.561. The van der Waals surface area contributed by atoms with E-state index in [0.29, 0.717) is 17.2 Å². The second-order valence-electron chi connectivity index (χ2n) is 8.65. The summed E-state index contributed by atoms with van der Waals surface area (Å²) in [6, 6.07) is 11.3. The van der Waals surface area contributed by atoms with E-state index < -0.39 is 5.97 Å². The molecule has 0 spiro atoms. The first-order valence-corrected chi connectivity index (χ1v) is 12.4. The monoisotopic (exact) mass is 490 g/mol. The van der Waals surface area contributed by atoms with Crippen LogP contribution in [-0.2, 0) is 16.0 Å². The first-order chi connectivity index (χ1) is 17.2. The van der Waals surface area contributed by atoms with Crippen LogP contribution in [0.25, 0.3) is 10.9 Å². The zero-order valence-corrected chi connectivity index (χ0v) is 20.3. The van der Waals surface area contributed by atoms with Crippen molar-refractivity contribution in [3.8, 4) is 17.6 Å². The van der Waals surface area contributed by atoms with Crippen molar-refractivity contribution in [2.24, 2.45) is 0 Å². The van der Waals surface area contributed by atoms with Gasteiger partial charge in [0.25, 0.3) is 0 Å². The predicted molar refractivity (Wildman–Crippen MR) is 136 cm³/mol. The summed E-state index contributed by atoms with van der Waals surface area (Å²) in [4.78, 5) is 25.7. The molecule has 2 aromatic carbocycles. The number of morpholine rings is 1. The standard InChI is InChI=1S/C27H27ClN4O3/c28-21-7-6-20-10-12-32(25(20)17-21)27-23-18-22(8-9-24(23)29-19-30-27)35-26(33)5-3-1-2-4-11-31-13-15-34-16-14-31/h6-9,17-19H,1-2,4,10-16H2. The van der Waals surface area contributed by atoms with Crippen molar-refractivity contribution in [1.82, 2.24) is 14.9 Å². The average molecular weight is 491 g/mol. The maximum Gasteiger partial charge on any atom is 0.389 e. The highest BCUT2D eigenvalue weighted by Gasteiger charge is 2.23. The van der Waals surface area contributed by atoms with Gasteiger partial charge in [-0.1, -0.05) is 23.6 Å². The van der Waals surface area contributed by atoms with Crippen LogP contribution in [0.15, 0.2) is 42.7 Å². The van der Waals surface area contributed by atoms with Crippen LogP contribution < -0.4 is 9.64 Å². The number of carbonyl (C=O) groups is 1. The molecule has 3 aromatic rings. The fraction of sp³-hybridized carbons (Fsp3) is 0.370. The van der Waals surface area contributed by atoms with E-state index in [1.165, 1.54) is 5.56 Å². The number of hydrogen-bond donors (Lipinski definition) is 0. The molecule has 0 atom stereocenters. The number of carbonyl (C=O) groups excluding carboxylic acids is 1. The third-order valence-electron chi connectivity index (χ3n) is 6.32. The minimum Gasteiger partial charge on any atom is -0.417 e. The summed E-state index contributed by atoms with van der Waals surface area (Å²) in [6.45, 7) is 5.46. The molecule has 1 saturated heterocycles. The van der Waals surface area contributed by atoms with Gasteiger partial charge in [-0.05, 0) is 61.7 Å². The maximum absolute atomic E-state index is 12.3. The molecule has 0 bridgehead atoms. The first kappa shape index (κ1) is 23.6. The number of halogens is 1. The molecule has 2 aliphatic heterocycles. The first-order valence-electron chi connectivity index (χ1n) is 12.0. The number of fused-ring (bicyclic) bond motifs is 2. The van der Waals surface area contributed by atoms with Crippen molar-refractivity contribution in [3.05, 3.63) is 53.3 Å². The Hall–Kier alpha value is -3.18. The SMILES string of the molecule is O=C(C#CCCCCN1CCOCC1)Oc1ccc2ncnc(N3CCc4ccc(Cl)cc43)c2c1. The normalized spacial score (nSPS) is 15.5. The van der Waals surface area contributed by atoms with E-state index in [9.17, 15) is 4.79 Å². The van der Waals surface area contributed by atoms with Gasteiger partial charge in [-0.3, -0.25) is 4.90 Å². The van der Waals surface area contributed by atoms with Gasteiger partial charge < -0.3 is 14.4 Å². The molecule has 2 aliphatic rings. The molecule has 0 aliphatic carbocycles. The number of rotatable bonds is 6. The molecule has 7 nitrogen and oxygen atoms in total. The molecule has 8 heteroatoms. The third kappa shape index (κ3) is 5.73. The molecule has 0 N–H and O–H groups in total. The molecule has 0 unspecified atom stereocenters. The van der Waals surface area contributed by atoms with Crippen molar-refractivity contribution >= 4 is 40.0 Å². The van der Waals surface area contributed by atoms with Gasteiger partial charge in [0.05, 0.1) is 18.7 Å². The lowest BCUT2D eigenvalue weighted by atomic mass is 10.1. The molecule has 5 rings (SSSR count). The molecule has 180 valence electrons. The Kier molecular flexibility index (Phi) is 7.43. The van der Waals surface area contributed by atoms with Crippen LogP contribution in [0.5, 0.6) is 5.75 Å². The molecule has 0 amide bonds. The van der Waals surface area contributed by atoms with Crippen molar-refractivity contribution in [1.29, 1.82) is 0 Å². The van der Waals surface area contributed by atoms with Gasteiger partial charge >= 0.3 is 5.97 Å². The van der Waals surface area contributed by atoms with Crippen molar-refractivity contribution in [3.63, 3.8) is 0 Å². The van der Waals surface area contributed by atoms with Gasteiger partial charge in [0.2, 0.25) is 0 Å². The van der Waals surface area contributed by atoms with E-state index >= 15 is 0 Å². The smallest absolute Gasteiger partial charge is 0.389 e. The molecular weight excluding hydrogens is 464 g/mol. The van der Waals surface area contributed by atoms with E-state index in [1.807, 2.05) is 18.2 Å².